The number of aryl methyl sites for hydroxylation is 1. The molecule has 34 heavy (non-hydrogen) atoms. The van der Waals surface area contributed by atoms with E-state index in [1.807, 2.05) is 0 Å². The standard InChI is InChI=1S/C25H26F2N4O3/c1-4-25-7-5-16(3)31(25)22-12-21(29-24(32)30(22)14-25)33-13-17-10-19(26)23(20(27)11-17)34-18-6-8-28-15(2)9-18/h6,8-12,16H,4-5,7,13-14H2,1-3H3. The number of pyridine rings is 1. The number of hydrogen-bond acceptors (Lipinski definition) is 6. The van der Waals surface area contributed by atoms with Crippen LogP contribution in [-0.2, 0) is 13.2 Å². The van der Waals surface area contributed by atoms with Gasteiger partial charge in [-0.25, -0.2) is 13.6 Å². The van der Waals surface area contributed by atoms with Crippen molar-refractivity contribution in [3.05, 3.63) is 69.9 Å². The molecule has 0 amide bonds. The third-order valence-corrected chi connectivity index (χ3v) is 6.84. The molecule has 9 heteroatoms. The Hall–Kier alpha value is -3.49. The third-order valence-electron chi connectivity index (χ3n) is 6.84. The highest BCUT2D eigenvalue weighted by molar-refractivity contribution is 5.52. The highest BCUT2D eigenvalue weighted by atomic mass is 19.1. The van der Waals surface area contributed by atoms with Gasteiger partial charge >= 0.3 is 5.69 Å². The number of rotatable bonds is 6. The molecule has 2 atom stereocenters. The van der Waals surface area contributed by atoms with Crippen molar-refractivity contribution in [1.82, 2.24) is 14.5 Å². The van der Waals surface area contributed by atoms with Crippen LogP contribution < -0.4 is 20.1 Å². The summed E-state index contributed by atoms with van der Waals surface area (Å²) in [4.78, 5) is 23.1. The van der Waals surface area contributed by atoms with E-state index >= 15 is 0 Å². The molecule has 1 fully saturated rings. The Bertz CT molecular complexity index is 1290. The van der Waals surface area contributed by atoms with E-state index in [0.717, 1.165) is 37.2 Å². The first-order chi connectivity index (χ1) is 16.3. The fraction of sp³-hybridized carbons (Fsp3) is 0.400. The molecule has 178 valence electrons. The summed E-state index contributed by atoms with van der Waals surface area (Å²) in [6, 6.07) is 7.46. The largest absolute Gasteiger partial charge is 0.473 e. The van der Waals surface area contributed by atoms with Crippen molar-refractivity contribution in [1.29, 1.82) is 0 Å². The van der Waals surface area contributed by atoms with Gasteiger partial charge in [0.2, 0.25) is 5.88 Å². The maximum Gasteiger partial charge on any atom is 0.352 e. The summed E-state index contributed by atoms with van der Waals surface area (Å²) >= 11 is 0. The van der Waals surface area contributed by atoms with Crippen LogP contribution in [-0.4, -0.2) is 26.1 Å². The lowest BCUT2D eigenvalue weighted by atomic mass is 9.94. The number of benzene rings is 1. The lowest BCUT2D eigenvalue weighted by molar-refractivity contribution is 0.289. The molecule has 4 heterocycles. The quantitative estimate of drug-likeness (QED) is 0.520. The number of anilines is 1. The fourth-order valence-corrected chi connectivity index (χ4v) is 5.12. The van der Waals surface area contributed by atoms with Crippen LogP contribution in [0.5, 0.6) is 17.4 Å². The molecule has 0 saturated carbocycles. The molecule has 2 aliphatic rings. The number of fused-ring (bicyclic) bond motifs is 3. The van der Waals surface area contributed by atoms with E-state index in [1.54, 1.807) is 23.6 Å². The molecular weight excluding hydrogens is 442 g/mol. The number of halogens is 2. The van der Waals surface area contributed by atoms with E-state index < -0.39 is 17.4 Å². The lowest BCUT2D eigenvalue weighted by Gasteiger charge is -2.34. The summed E-state index contributed by atoms with van der Waals surface area (Å²) in [5.74, 6) is -0.993. The molecular formula is C25H26F2N4O3. The monoisotopic (exact) mass is 468 g/mol. The second-order valence-corrected chi connectivity index (χ2v) is 9.07. The Morgan fingerprint density at radius 2 is 1.97 bits per heavy atom. The summed E-state index contributed by atoms with van der Waals surface area (Å²) < 4.78 is 42.0. The summed E-state index contributed by atoms with van der Waals surface area (Å²) in [7, 11) is 0. The van der Waals surface area contributed by atoms with Gasteiger partial charge in [0.1, 0.15) is 18.2 Å². The summed E-state index contributed by atoms with van der Waals surface area (Å²) in [5.41, 5.74) is 0.478. The minimum atomic E-state index is -0.853. The van der Waals surface area contributed by atoms with Crippen molar-refractivity contribution in [2.75, 3.05) is 4.90 Å². The first-order valence-corrected chi connectivity index (χ1v) is 11.4. The first kappa shape index (κ1) is 22.3. The van der Waals surface area contributed by atoms with Crippen molar-refractivity contribution >= 4 is 5.82 Å². The van der Waals surface area contributed by atoms with Gasteiger partial charge in [0.05, 0.1) is 12.1 Å². The molecule has 0 bridgehead atoms. The minimum Gasteiger partial charge on any atom is -0.473 e. The van der Waals surface area contributed by atoms with Crippen molar-refractivity contribution in [2.24, 2.45) is 0 Å². The van der Waals surface area contributed by atoms with Crippen LogP contribution in [0.15, 0.2) is 41.3 Å². The minimum absolute atomic E-state index is 0.0681. The summed E-state index contributed by atoms with van der Waals surface area (Å²) in [6.45, 7) is 6.52. The predicted molar refractivity (Wildman–Crippen MR) is 122 cm³/mol. The Kier molecular flexibility index (Phi) is 5.50. The van der Waals surface area contributed by atoms with Gasteiger partial charge in [-0.3, -0.25) is 9.55 Å². The Morgan fingerprint density at radius 1 is 1.21 bits per heavy atom. The predicted octanol–water partition coefficient (Wildman–Crippen LogP) is 4.75. The maximum atomic E-state index is 14.6. The molecule has 3 aromatic rings. The van der Waals surface area contributed by atoms with Crippen molar-refractivity contribution in [2.45, 2.75) is 64.8 Å². The van der Waals surface area contributed by atoms with Gasteiger partial charge in [-0.2, -0.15) is 4.98 Å². The lowest BCUT2D eigenvalue weighted by Crippen LogP contribution is -2.43. The van der Waals surface area contributed by atoms with Crippen molar-refractivity contribution in [3.8, 4) is 17.4 Å². The van der Waals surface area contributed by atoms with E-state index in [1.165, 1.54) is 12.3 Å². The average Bonchev–Trinajstić information content (AvgIpc) is 3.30. The zero-order valence-electron chi connectivity index (χ0n) is 19.3. The van der Waals surface area contributed by atoms with Crippen molar-refractivity contribution < 1.29 is 18.3 Å². The first-order valence-electron chi connectivity index (χ1n) is 11.4. The van der Waals surface area contributed by atoms with Gasteiger partial charge in [-0.1, -0.05) is 6.92 Å². The normalized spacial score (nSPS) is 20.9. The van der Waals surface area contributed by atoms with Crippen LogP contribution in [0.2, 0.25) is 0 Å². The zero-order valence-corrected chi connectivity index (χ0v) is 19.3. The molecule has 1 saturated heterocycles. The molecule has 0 aliphatic carbocycles. The molecule has 0 radical (unpaired) electrons. The number of nitrogens with zero attached hydrogens (tertiary/aromatic N) is 4. The van der Waals surface area contributed by atoms with E-state index in [0.29, 0.717) is 18.3 Å². The van der Waals surface area contributed by atoms with Crippen LogP contribution in [0.1, 0.15) is 44.4 Å². The Labute approximate surface area is 196 Å². The smallest absolute Gasteiger partial charge is 0.352 e. The van der Waals surface area contributed by atoms with Crippen molar-refractivity contribution in [3.63, 3.8) is 0 Å². The Morgan fingerprint density at radius 3 is 2.68 bits per heavy atom. The average molecular weight is 469 g/mol. The molecule has 7 nitrogen and oxygen atoms in total. The Balaban J connectivity index is 1.35. The van der Waals surface area contributed by atoms with Gasteiger partial charge in [-0.15, -0.1) is 0 Å². The van der Waals surface area contributed by atoms with Crippen LogP contribution in [0.3, 0.4) is 0 Å². The molecule has 0 spiro atoms. The van der Waals surface area contributed by atoms with E-state index in [2.05, 4.69) is 28.7 Å². The van der Waals surface area contributed by atoms with E-state index in [-0.39, 0.29) is 35.0 Å². The second kappa shape index (κ2) is 8.38. The SMILES string of the molecule is CCC12CCC(C)N1c1cc(OCc3cc(F)c(Oc4ccnc(C)c4)c(F)c3)nc(=O)n1C2. The van der Waals surface area contributed by atoms with Crippen LogP contribution in [0, 0.1) is 18.6 Å². The van der Waals surface area contributed by atoms with Crippen LogP contribution in [0.4, 0.5) is 14.6 Å². The molecule has 2 aromatic heterocycles. The zero-order chi connectivity index (χ0) is 24.0. The van der Waals surface area contributed by atoms with Gasteiger partial charge in [0.15, 0.2) is 17.4 Å². The van der Waals surface area contributed by atoms with E-state index in [4.69, 9.17) is 9.47 Å². The van der Waals surface area contributed by atoms with Crippen LogP contribution in [0.25, 0.3) is 0 Å². The number of aromatic nitrogens is 3. The molecule has 5 rings (SSSR count). The maximum absolute atomic E-state index is 14.6. The number of hydrogen-bond donors (Lipinski definition) is 0. The number of ether oxygens (including phenoxy) is 2. The summed E-state index contributed by atoms with van der Waals surface area (Å²) in [5, 5.41) is 0. The molecule has 0 N–H and O–H groups in total. The van der Waals surface area contributed by atoms with Gasteiger partial charge < -0.3 is 14.4 Å². The van der Waals surface area contributed by atoms with Crippen LogP contribution >= 0.6 is 0 Å². The third kappa shape index (κ3) is 3.78. The highest BCUT2D eigenvalue weighted by Gasteiger charge is 2.49. The molecule has 1 aromatic carbocycles. The fourth-order valence-electron chi connectivity index (χ4n) is 5.12. The molecule has 2 unspecified atom stereocenters. The van der Waals surface area contributed by atoms with Gasteiger partial charge in [-0.05, 0) is 56.9 Å². The second-order valence-electron chi connectivity index (χ2n) is 9.07. The highest BCUT2D eigenvalue weighted by Crippen LogP contribution is 2.46. The van der Waals surface area contributed by atoms with Gasteiger partial charge in [0.25, 0.3) is 0 Å². The summed E-state index contributed by atoms with van der Waals surface area (Å²) in [6.07, 6.45) is 4.52. The van der Waals surface area contributed by atoms with E-state index in [9.17, 15) is 13.6 Å². The molecule has 2 aliphatic heterocycles. The van der Waals surface area contributed by atoms with Gasteiger partial charge in [0, 0.05) is 30.1 Å². The topological polar surface area (TPSA) is 69.5 Å².